The molecule has 0 N–H and O–H groups in total. The number of alkyl halides is 6. The zero-order valence-corrected chi connectivity index (χ0v) is 6.05. The molecule has 1 fully saturated rings. The summed E-state index contributed by atoms with van der Waals surface area (Å²) in [5.74, 6) is -16.8. The van der Waals surface area contributed by atoms with Gasteiger partial charge in [-0.3, -0.25) is 0 Å². The van der Waals surface area contributed by atoms with E-state index in [1.54, 1.807) is 0 Å². The second kappa shape index (κ2) is 2.09. The summed E-state index contributed by atoms with van der Waals surface area (Å²) >= 11 is 0. The second-order valence-electron chi connectivity index (χ2n) is 2.78. The van der Waals surface area contributed by atoms with Gasteiger partial charge in [0, 0.05) is 0 Å². The van der Waals surface area contributed by atoms with Crippen LogP contribution in [0.25, 0.3) is 0 Å². The smallest absolute Gasteiger partial charge is 0.199 e. The van der Waals surface area contributed by atoms with Crippen molar-refractivity contribution < 1.29 is 26.3 Å². The fourth-order valence-corrected chi connectivity index (χ4v) is 1.32. The average Bonchev–Trinajstić information content (AvgIpc) is 1.86. The van der Waals surface area contributed by atoms with Crippen molar-refractivity contribution in [3.05, 3.63) is 0 Å². The van der Waals surface area contributed by atoms with Gasteiger partial charge in [0.05, 0.1) is 5.92 Å². The van der Waals surface area contributed by atoms with E-state index in [-0.39, 0.29) is 0 Å². The lowest BCUT2D eigenvalue weighted by Crippen LogP contribution is -2.74. The van der Waals surface area contributed by atoms with Gasteiger partial charge in [-0.1, -0.05) is 6.92 Å². The maximum Gasteiger partial charge on any atom is 0.372 e. The van der Waals surface area contributed by atoms with Crippen molar-refractivity contribution in [2.24, 2.45) is 5.92 Å². The SMILES string of the molecule is CCC1C(F)(F)C(F)(F)C1(F)F. The summed E-state index contributed by atoms with van der Waals surface area (Å²) < 4.78 is 73.0. The fraction of sp³-hybridized carbons (Fsp3) is 1.00. The molecule has 0 amide bonds. The van der Waals surface area contributed by atoms with Crippen molar-refractivity contribution in [3.63, 3.8) is 0 Å². The summed E-state index contributed by atoms with van der Waals surface area (Å²) in [4.78, 5) is 0. The maximum absolute atomic E-state index is 12.2. The molecule has 1 aliphatic carbocycles. The van der Waals surface area contributed by atoms with Gasteiger partial charge >= 0.3 is 17.8 Å². The molecule has 6 heteroatoms. The molecular weight excluding hydrogens is 186 g/mol. The van der Waals surface area contributed by atoms with E-state index in [9.17, 15) is 26.3 Å². The van der Waals surface area contributed by atoms with Crippen LogP contribution in [-0.4, -0.2) is 17.8 Å². The van der Waals surface area contributed by atoms with E-state index in [1.165, 1.54) is 0 Å². The lowest BCUT2D eigenvalue weighted by molar-refractivity contribution is -0.435. The highest BCUT2D eigenvalue weighted by Crippen LogP contribution is 2.65. The van der Waals surface area contributed by atoms with Crippen LogP contribution in [0.1, 0.15) is 13.3 Å². The molecule has 0 atom stereocenters. The lowest BCUT2D eigenvalue weighted by Gasteiger charge is -2.49. The van der Waals surface area contributed by atoms with E-state index >= 15 is 0 Å². The molecule has 0 heterocycles. The minimum atomic E-state index is -5.18. The molecule has 72 valence electrons. The summed E-state index contributed by atoms with van der Waals surface area (Å²) in [6.07, 6.45) is -0.657. The van der Waals surface area contributed by atoms with Crippen molar-refractivity contribution in [2.75, 3.05) is 0 Å². The summed E-state index contributed by atoms with van der Waals surface area (Å²) in [5, 5.41) is 0. The van der Waals surface area contributed by atoms with Crippen molar-refractivity contribution in [3.8, 4) is 0 Å². The largest absolute Gasteiger partial charge is 0.372 e. The molecule has 0 radical (unpaired) electrons. The third kappa shape index (κ3) is 0.707. The lowest BCUT2D eigenvalue weighted by atomic mass is 9.71. The Balaban J connectivity index is 2.98. The van der Waals surface area contributed by atoms with Crippen LogP contribution in [0.2, 0.25) is 0 Å². The molecule has 0 bridgehead atoms. The maximum atomic E-state index is 12.2. The molecule has 12 heavy (non-hydrogen) atoms. The molecule has 0 nitrogen and oxygen atoms in total. The highest BCUT2D eigenvalue weighted by Gasteiger charge is 2.89. The van der Waals surface area contributed by atoms with E-state index in [4.69, 9.17) is 0 Å². The van der Waals surface area contributed by atoms with Gasteiger partial charge in [-0.15, -0.1) is 0 Å². The van der Waals surface area contributed by atoms with E-state index in [1.807, 2.05) is 0 Å². The third-order valence-electron chi connectivity index (χ3n) is 2.12. The Morgan fingerprint density at radius 2 is 1.25 bits per heavy atom. The van der Waals surface area contributed by atoms with Gasteiger partial charge in [0.25, 0.3) is 0 Å². The molecule has 1 saturated carbocycles. The van der Waals surface area contributed by atoms with Crippen molar-refractivity contribution >= 4 is 0 Å². The van der Waals surface area contributed by atoms with Crippen LogP contribution < -0.4 is 0 Å². The Hall–Kier alpha value is -0.420. The topological polar surface area (TPSA) is 0 Å². The standard InChI is InChI=1S/C6H6F6/c1-2-3-4(7,8)6(11,12)5(3,9)10/h3H,2H2,1H3. The Bertz CT molecular complexity index is 178. The van der Waals surface area contributed by atoms with E-state index in [2.05, 4.69) is 0 Å². The minimum Gasteiger partial charge on any atom is -0.199 e. The zero-order chi connectivity index (χ0) is 9.78. The van der Waals surface area contributed by atoms with Crippen LogP contribution >= 0.6 is 0 Å². The van der Waals surface area contributed by atoms with Crippen LogP contribution in [0, 0.1) is 5.92 Å². The molecule has 0 unspecified atom stereocenters. The molecule has 0 spiro atoms. The number of hydrogen-bond donors (Lipinski definition) is 0. The fourth-order valence-electron chi connectivity index (χ4n) is 1.32. The highest BCUT2D eigenvalue weighted by molar-refractivity contribution is 5.15. The molecule has 0 aromatic heterocycles. The monoisotopic (exact) mass is 192 g/mol. The van der Waals surface area contributed by atoms with Gasteiger partial charge in [-0.05, 0) is 6.42 Å². The van der Waals surface area contributed by atoms with Gasteiger partial charge < -0.3 is 0 Å². The first-order valence-electron chi connectivity index (χ1n) is 3.33. The summed E-state index contributed by atoms with van der Waals surface area (Å²) in [6.45, 7) is 1.03. The molecule has 0 aromatic carbocycles. The summed E-state index contributed by atoms with van der Waals surface area (Å²) in [5.41, 5.74) is 0. The van der Waals surface area contributed by atoms with Crippen molar-refractivity contribution in [2.45, 2.75) is 31.1 Å². The number of halogens is 6. The first-order valence-corrected chi connectivity index (χ1v) is 3.33. The second-order valence-corrected chi connectivity index (χ2v) is 2.78. The first kappa shape index (κ1) is 9.67. The van der Waals surface area contributed by atoms with Crippen LogP contribution in [0.3, 0.4) is 0 Å². The summed E-state index contributed by atoms with van der Waals surface area (Å²) in [6, 6.07) is 0. The highest BCUT2D eigenvalue weighted by atomic mass is 19.4. The first-order chi connectivity index (χ1) is 5.19. The van der Waals surface area contributed by atoms with Crippen LogP contribution in [-0.2, 0) is 0 Å². The Morgan fingerprint density at radius 3 is 1.42 bits per heavy atom. The van der Waals surface area contributed by atoms with Gasteiger partial charge in [0.1, 0.15) is 0 Å². The van der Waals surface area contributed by atoms with E-state index in [0.29, 0.717) is 0 Å². The molecule has 0 aliphatic heterocycles. The quantitative estimate of drug-likeness (QED) is 0.560. The Morgan fingerprint density at radius 1 is 0.917 bits per heavy atom. The predicted octanol–water partition coefficient (Wildman–Crippen LogP) is 2.93. The van der Waals surface area contributed by atoms with Crippen molar-refractivity contribution in [1.29, 1.82) is 0 Å². The number of hydrogen-bond acceptors (Lipinski definition) is 0. The van der Waals surface area contributed by atoms with E-state index in [0.717, 1.165) is 6.92 Å². The van der Waals surface area contributed by atoms with Gasteiger partial charge in [-0.2, -0.15) is 26.3 Å². The Labute approximate surface area is 64.6 Å². The van der Waals surface area contributed by atoms with Gasteiger partial charge in [0.15, 0.2) is 0 Å². The minimum absolute atomic E-state index is 0.657. The van der Waals surface area contributed by atoms with Crippen LogP contribution in [0.15, 0.2) is 0 Å². The van der Waals surface area contributed by atoms with Gasteiger partial charge in [0.2, 0.25) is 0 Å². The summed E-state index contributed by atoms with van der Waals surface area (Å²) in [7, 11) is 0. The molecular formula is C6H6F6. The zero-order valence-electron chi connectivity index (χ0n) is 6.05. The average molecular weight is 192 g/mol. The van der Waals surface area contributed by atoms with Crippen molar-refractivity contribution in [1.82, 2.24) is 0 Å². The predicted molar refractivity (Wildman–Crippen MR) is 28.6 cm³/mol. The number of rotatable bonds is 1. The van der Waals surface area contributed by atoms with E-state index < -0.39 is 30.1 Å². The van der Waals surface area contributed by atoms with Crippen LogP contribution in [0.5, 0.6) is 0 Å². The normalized spacial score (nSPS) is 31.2. The molecule has 1 rings (SSSR count). The molecule has 0 saturated heterocycles. The third-order valence-corrected chi connectivity index (χ3v) is 2.12. The van der Waals surface area contributed by atoms with Crippen LogP contribution in [0.4, 0.5) is 26.3 Å². The Kier molecular flexibility index (Phi) is 1.68. The molecule has 0 aromatic rings. The van der Waals surface area contributed by atoms with Gasteiger partial charge in [-0.25, -0.2) is 0 Å². The molecule has 1 aliphatic rings.